The average Bonchev–Trinajstić information content (AvgIpc) is 2.82. The number of hydrogen-bond donors (Lipinski definition) is 2. The molecule has 1 aliphatic heterocycles. The third-order valence-corrected chi connectivity index (χ3v) is 4.52. The van der Waals surface area contributed by atoms with Crippen molar-refractivity contribution in [1.82, 2.24) is 10.2 Å². The van der Waals surface area contributed by atoms with E-state index in [4.69, 9.17) is 16.3 Å². The summed E-state index contributed by atoms with van der Waals surface area (Å²) in [7, 11) is 1.64. The molecule has 0 spiro atoms. The Kier molecular flexibility index (Phi) is 5.46. The Morgan fingerprint density at radius 2 is 2.16 bits per heavy atom. The van der Waals surface area contributed by atoms with Gasteiger partial charge in [-0.1, -0.05) is 23.7 Å². The van der Waals surface area contributed by atoms with Crippen LogP contribution in [0.3, 0.4) is 0 Å². The highest BCUT2D eigenvalue weighted by atomic mass is 35.5. The summed E-state index contributed by atoms with van der Waals surface area (Å²) in [4.78, 5) is 13.6. The van der Waals surface area contributed by atoms with Gasteiger partial charge in [0, 0.05) is 43.7 Å². The lowest BCUT2D eigenvalue weighted by molar-refractivity contribution is -0.121. The van der Waals surface area contributed by atoms with Crippen molar-refractivity contribution in [2.45, 2.75) is 13.0 Å². The minimum Gasteiger partial charge on any atom is -0.504 e. The standard InChI is InChI=1S/C19H21ClN2O3/c1-21-18(24)5-6-22-7-8-25-19-15(12-22)9-14(11-17(19)23)13-3-2-4-16(20)10-13/h2-4,9-11,23H,5-8,12H2,1H3,(H,21,24). The molecule has 3 rings (SSSR count). The zero-order valence-electron chi connectivity index (χ0n) is 14.1. The maximum atomic E-state index is 11.5. The fourth-order valence-corrected chi connectivity index (χ4v) is 3.15. The molecule has 0 aromatic heterocycles. The first kappa shape index (κ1) is 17.6. The molecule has 1 heterocycles. The first-order chi connectivity index (χ1) is 12.1. The van der Waals surface area contributed by atoms with Crippen LogP contribution in [0.1, 0.15) is 12.0 Å². The highest BCUT2D eigenvalue weighted by molar-refractivity contribution is 6.30. The second-order valence-electron chi connectivity index (χ2n) is 6.04. The normalized spacial score (nSPS) is 14.3. The number of amides is 1. The van der Waals surface area contributed by atoms with Crippen LogP contribution in [0.5, 0.6) is 11.5 Å². The Morgan fingerprint density at radius 1 is 1.32 bits per heavy atom. The number of fused-ring (bicyclic) bond motifs is 1. The van der Waals surface area contributed by atoms with E-state index in [9.17, 15) is 9.90 Å². The summed E-state index contributed by atoms with van der Waals surface area (Å²) >= 11 is 6.08. The van der Waals surface area contributed by atoms with Crippen molar-refractivity contribution < 1.29 is 14.6 Å². The molecule has 0 bridgehead atoms. The fourth-order valence-electron chi connectivity index (χ4n) is 2.96. The van der Waals surface area contributed by atoms with Gasteiger partial charge in [-0.3, -0.25) is 9.69 Å². The fraction of sp³-hybridized carbons (Fsp3) is 0.316. The molecule has 25 heavy (non-hydrogen) atoms. The molecule has 0 unspecified atom stereocenters. The van der Waals surface area contributed by atoms with Crippen molar-refractivity contribution in [3.8, 4) is 22.6 Å². The molecular formula is C19H21ClN2O3. The van der Waals surface area contributed by atoms with E-state index in [-0.39, 0.29) is 11.7 Å². The minimum absolute atomic E-state index is 0.0147. The van der Waals surface area contributed by atoms with Crippen molar-refractivity contribution in [2.24, 2.45) is 0 Å². The molecule has 0 saturated heterocycles. The number of hydrogen-bond acceptors (Lipinski definition) is 4. The quantitative estimate of drug-likeness (QED) is 0.879. The van der Waals surface area contributed by atoms with Crippen molar-refractivity contribution in [2.75, 3.05) is 26.7 Å². The lowest BCUT2D eigenvalue weighted by Crippen LogP contribution is -2.30. The van der Waals surface area contributed by atoms with Crippen LogP contribution in [-0.2, 0) is 11.3 Å². The van der Waals surface area contributed by atoms with Crippen molar-refractivity contribution >= 4 is 17.5 Å². The Labute approximate surface area is 152 Å². The summed E-state index contributed by atoms with van der Waals surface area (Å²) < 4.78 is 5.74. The number of aromatic hydroxyl groups is 1. The number of phenolic OH excluding ortho intramolecular Hbond substituents is 1. The predicted octanol–water partition coefficient (Wildman–Crippen LogP) is 3.04. The van der Waals surface area contributed by atoms with Gasteiger partial charge < -0.3 is 15.2 Å². The number of nitrogens with zero attached hydrogens (tertiary/aromatic N) is 1. The van der Waals surface area contributed by atoms with Crippen LogP contribution in [0, 0.1) is 0 Å². The Bertz CT molecular complexity index is 779. The molecule has 0 atom stereocenters. The van der Waals surface area contributed by atoms with E-state index < -0.39 is 0 Å². The zero-order chi connectivity index (χ0) is 17.8. The predicted molar refractivity (Wildman–Crippen MR) is 98.0 cm³/mol. The number of halogens is 1. The van der Waals surface area contributed by atoms with Gasteiger partial charge in [-0.15, -0.1) is 0 Å². The van der Waals surface area contributed by atoms with Crippen LogP contribution in [0.25, 0.3) is 11.1 Å². The molecule has 2 N–H and O–H groups in total. The van der Waals surface area contributed by atoms with E-state index >= 15 is 0 Å². The molecule has 0 fully saturated rings. The molecule has 132 valence electrons. The summed E-state index contributed by atoms with van der Waals surface area (Å²) in [6.07, 6.45) is 0.436. The molecule has 1 aliphatic rings. The number of ether oxygens (including phenoxy) is 1. The maximum Gasteiger partial charge on any atom is 0.221 e. The van der Waals surface area contributed by atoms with Gasteiger partial charge >= 0.3 is 0 Å². The second-order valence-corrected chi connectivity index (χ2v) is 6.48. The summed E-state index contributed by atoms with van der Waals surface area (Å²) in [5.74, 6) is 0.662. The van der Waals surface area contributed by atoms with Crippen molar-refractivity contribution in [3.63, 3.8) is 0 Å². The number of carbonyl (C=O) groups excluding carboxylic acids is 1. The van der Waals surface area contributed by atoms with Crippen LogP contribution in [0.4, 0.5) is 0 Å². The molecule has 1 amide bonds. The molecule has 0 radical (unpaired) electrons. The summed E-state index contributed by atoms with van der Waals surface area (Å²) in [6, 6.07) is 11.2. The van der Waals surface area contributed by atoms with Crippen LogP contribution < -0.4 is 10.1 Å². The highest BCUT2D eigenvalue weighted by Gasteiger charge is 2.20. The molecule has 5 nitrogen and oxygen atoms in total. The van der Waals surface area contributed by atoms with Crippen LogP contribution >= 0.6 is 11.6 Å². The second kappa shape index (κ2) is 7.76. The first-order valence-electron chi connectivity index (χ1n) is 8.24. The Morgan fingerprint density at radius 3 is 2.92 bits per heavy atom. The average molecular weight is 361 g/mol. The summed E-state index contributed by atoms with van der Waals surface area (Å²) in [5.41, 5.74) is 2.73. The van der Waals surface area contributed by atoms with Gasteiger partial charge in [0.1, 0.15) is 6.61 Å². The van der Waals surface area contributed by atoms with Crippen LogP contribution in [-0.4, -0.2) is 42.7 Å². The van der Waals surface area contributed by atoms with E-state index in [2.05, 4.69) is 10.2 Å². The molecule has 0 aliphatic carbocycles. The minimum atomic E-state index is 0.0147. The van der Waals surface area contributed by atoms with Gasteiger partial charge in [0.05, 0.1) is 0 Å². The number of rotatable bonds is 4. The zero-order valence-corrected chi connectivity index (χ0v) is 14.8. The monoisotopic (exact) mass is 360 g/mol. The van der Waals surface area contributed by atoms with E-state index in [0.29, 0.717) is 43.4 Å². The van der Waals surface area contributed by atoms with Gasteiger partial charge in [-0.25, -0.2) is 0 Å². The summed E-state index contributed by atoms with van der Waals surface area (Å²) in [5, 5.41) is 13.7. The highest BCUT2D eigenvalue weighted by Crippen LogP contribution is 2.38. The molecular weight excluding hydrogens is 340 g/mol. The lowest BCUT2D eigenvalue weighted by Gasteiger charge is -2.19. The third kappa shape index (κ3) is 4.24. The lowest BCUT2D eigenvalue weighted by atomic mass is 10.0. The molecule has 2 aromatic carbocycles. The molecule has 6 heteroatoms. The Balaban J connectivity index is 1.87. The van der Waals surface area contributed by atoms with Crippen LogP contribution in [0.2, 0.25) is 5.02 Å². The number of phenols is 1. The first-order valence-corrected chi connectivity index (χ1v) is 8.62. The van der Waals surface area contributed by atoms with Gasteiger partial charge in [0.15, 0.2) is 11.5 Å². The van der Waals surface area contributed by atoms with Gasteiger partial charge in [-0.2, -0.15) is 0 Å². The molecule has 2 aromatic rings. The van der Waals surface area contributed by atoms with E-state index in [0.717, 1.165) is 16.7 Å². The van der Waals surface area contributed by atoms with E-state index in [1.165, 1.54) is 0 Å². The van der Waals surface area contributed by atoms with E-state index in [1.807, 2.05) is 30.3 Å². The van der Waals surface area contributed by atoms with Crippen molar-refractivity contribution in [1.29, 1.82) is 0 Å². The van der Waals surface area contributed by atoms with Crippen molar-refractivity contribution in [3.05, 3.63) is 47.0 Å². The van der Waals surface area contributed by atoms with Gasteiger partial charge in [-0.05, 0) is 35.4 Å². The largest absolute Gasteiger partial charge is 0.504 e. The van der Waals surface area contributed by atoms with E-state index in [1.54, 1.807) is 13.1 Å². The number of nitrogens with one attached hydrogen (secondary N) is 1. The number of benzene rings is 2. The topological polar surface area (TPSA) is 61.8 Å². The van der Waals surface area contributed by atoms with Gasteiger partial charge in [0.2, 0.25) is 5.91 Å². The molecule has 0 saturated carbocycles. The third-order valence-electron chi connectivity index (χ3n) is 4.29. The van der Waals surface area contributed by atoms with Gasteiger partial charge in [0.25, 0.3) is 0 Å². The summed E-state index contributed by atoms with van der Waals surface area (Å²) in [6.45, 7) is 2.45. The SMILES string of the molecule is CNC(=O)CCN1CCOc2c(O)cc(-c3cccc(Cl)c3)cc2C1. The maximum absolute atomic E-state index is 11.5. The Hall–Kier alpha value is -2.24. The smallest absolute Gasteiger partial charge is 0.221 e. The number of carbonyl (C=O) groups is 1. The van der Waals surface area contributed by atoms with Crippen LogP contribution in [0.15, 0.2) is 36.4 Å².